The van der Waals surface area contributed by atoms with Gasteiger partial charge in [0.15, 0.2) is 5.13 Å². The molecule has 0 saturated heterocycles. The first kappa shape index (κ1) is 13.0. The molecular weight excluding hydrogens is 258 g/mol. The molecule has 1 N–H and O–H groups in total. The molecule has 0 spiro atoms. The predicted molar refractivity (Wildman–Crippen MR) is 75.7 cm³/mol. The van der Waals surface area contributed by atoms with Crippen molar-refractivity contribution in [3.05, 3.63) is 52.5 Å². The van der Waals surface area contributed by atoms with Crippen LogP contribution in [0.5, 0.6) is 0 Å². The lowest BCUT2D eigenvalue weighted by Crippen LogP contribution is -2.07. The molecule has 1 aromatic carbocycles. The molecule has 19 heavy (non-hydrogen) atoms. The van der Waals surface area contributed by atoms with E-state index in [4.69, 9.17) is 5.26 Å². The third kappa shape index (κ3) is 3.50. The number of nitriles is 1. The molecule has 2 aromatic rings. The summed E-state index contributed by atoms with van der Waals surface area (Å²) in [6.07, 6.45) is 3.02. The highest BCUT2D eigenvalue weighted by Gasteiger charge is 2.02. The molecule has 0 aliphatic carbocycles. The smallest absolute Gasteiger partial charge is 0.250 e. The zero-order valence-corrected chi connectivity index (χ0v) is 11.1. The maximum absolute atomic E-state index is 11.7. The molecular formula is C14H11N3OS. The van der Waals surface area contributed by atoms with Gasteiger partial charge in [-0.2, -0.15) is 5.26 Å². The van der Waals surface area contributed by atoms with Crippen LogP contribution in [0.4, 0.5) is 5.13 Å². The molecule has 2 rings (SSSR count). The van der Waals surface area contributed by atoms with Crippen molar-refractivity contribution in [2.24, 2.45) is 0 Å². The summed E-state index contributed by atoms with van der Waals surface area (Å²) in [6, 6.07) is 9.18. The molecule has 0 saturated carbocycles. The summed E-state index contributed by atoms with van der Waals surface area (Å²) in [7, 11) is 0. The quantitative estimate of drug-likeness (QED) is 0.871. The van der Waals surface area contributed by atoms with E-state index in [9.17, 15) is 4.79 Å². The molecule has 0 fully saturated rings. The van der Waals surface area contributed by atoms with Gasteiger partial charge in [0.1, 0.15) is 0 Å². The number of hydrogen-bond donors (Lipinski definition) is 1. The molecule has 0 aliphatic rings. The number of nitrogens with one attached hydrogen (secondary N) is 1. The van der Waals surface area contributed by atoms with Gasteiger partial charge in [0, 0.05) is 11.5 Å². The van der Waals surface area contributed by atoms with Gasteiger partial charge in [-0.3, -0.25) is 10.1 Å². The van der Waals surface area contributed by atoms with Crippen LogP contribution in [0.1, 0.15) is 16.8 Å². The molecule has 4 nitrogen and oxygen atoms in total. The molecule has 0 atom stereocenters. The summed E-state index contributed by atoms with van der Waals surface area (Å²) in [4.78, 5) is 15.8. The Morgan fingerprint density at radius 2 is 2.26 bits per heavy atom. The fraction of sp³-hybridized carbons (Fsp3) is 0.0714. The minimum Gasteiger partial charge on any atom is -0.298 e. The van der Waals surface area contributed by atoms with Crippen LogP contribution in [0.15, 0.2) is 35.7 Å². The number of carbonyl (C=O) groups excluding carboxylic acids is 1. The second-order valence-electron chi connectivity index (χ2n) is 3.82. The van der Waals surface area contributed by atoms with Crippen LogP contribution in [-0.2, 0) is 4.79 Å². The van der Waals surface area contributed by atoms with Crippen LogP contribution < -0.4 is 5.32 Å². The van der Waals surface area contributed by atoms with Gasteiger partial charge in [-0.15, -0.1) is 11.3 Å². The van der Waals surface area contributed by atoms with E-state index in [-0.39, 0.29) is 5.91 Å². The Morgan fingerprint density at radius 3 is 2.95 bits per heavy atom. The van der Waals surface area contributed by atoms with Crippen LogP contribution in [0.3, 0.4) is 0 Å². The highest BCUT2D eigenvalue weighted by atomic mass is 32.1. The van der Waals surface area contributed by atoms with E-state index in [0.29, 0.717) is 10.7 Å². The Kier molecular flexibility index (Phi) is 4.06. The first-order valence-corrected chi connectivity index (χ1v) is 6.47. The SMILES string of the molecule is Cc1csc(NC(=O)/C=C/c2ccccc2C#N)n1. The normalized spacial score (nSPS) is 10.3. The van der Waals surface area contributed by atoms with Crippen LogP contribution in [0.2, 0.25) is 0 Å². The number of hydrogen-bond acceptors (Lipinski definition) is 4. The van der Waals surface area contributed by atoms with Gasteiger partial charge < -0.3 is 0 Å². The van der Waals surface area contributed by atoms with Crippen molar-refractivity contribution in [3.63, 3.8) is 0 Å². The van der Waals surface area contributed by atoms with Gasteiger partial charge in [-0.05, 0) is 24.6 Å². The molecule has 1 amide bonds. The van der Waals surface area contributed by atoms with Gasteiger partial charge in [-0.1, -0.05) is 18.2 Å². The van der Waals surface area contributed by atoms with E-state index in [0.717, 1.165) is 11.3 Å². The molecule has 0 radical (unpaired) electrons. The van der Waals surface area contributed by atoms with Crippen LogP contribution >= 0.6 is 11.3 Å². The lowest BCUT2D eigenvalue weighted by atomic mass is 10.1. The molecule has 0 unspecified atom stereocenters. The molecule has 94 valence electrons. The van der Waals surface area contributed by atoms with Crippen LogP contribution in [-0.4, -0.2) is 10.9 Å². The average Bonchev–Trinajstić information content (AvgIpc) is 2.82. The molecule has 0 bridgehead atoms. The Labute approximate surface area is 115 Å². The van der Waals surface area contributed by atoms with Crippen molar-refractivity contribution in [1.82, 2.24) is 4.98 Å². The summed E-state index contributed by atoms with van der Waals surface area (Å²) < 4.78 is 0. The van der Waals surface area contributed by atoms with Crippen molar-refractivity contribution in [2.45, 2.75) is 6.92 Å². The van der Waals surface area contributed by atoms with Gasteiger partial charge in [0.05, 0.1) is 17.3 Å². The van der Waals surface area contributed by atoms with Gasteiger partial charge in [-0.25, -0.2) is 4.98 Å². The van der Waals surface area contributed by atoms with Gasteiger partial charge >= 0.3 is 0 Å². The van der Waals surface area contributed by atoms with E-state index in [1.807, 2.05) is 18.4 Å². The van der Waals surface area contributed by atoms with Crippen LogP contribution in [0, 0.1) is 18.3 Å². The third-order valence-electron chi connectivity index (χ3n) is 2.34. The monoisotopic (exact) mass is 269 g/mol. The number of benzene rings is 1. The third-order valence-corrected chi connectivity index (χ3v) is 3.22. The Bertz CT molecular complexity index is 667. The second kappa shape index (κ2) is 5.94. The van der Waals surface area contributed by atoms with Gasteiger partial charge in [0.2, 0.25) is 5.91 Å². The first-order valence-electron chi connectivity index (χ1n) is 5.59. The summed E-state index contributed by atoms with van der Waals surface area (Å²) in [5.41, 5.74) is 2.13. The van der Waals surface area contributed by atoms with Crippen molar-refractivity contribution >= 4 is 28.5 Å². The Balaban J connectivity index is 2.06. The number of amides is 1. The number of anilines is 1. The lowest BCUT2D eigenvalue weighted by molar-refractivity contribution is -0.111. The number of carbonyl (C=O) groups is 1. The average molecular weight is 269 g/mol. The number of nitrogens with zero attached hydrogens (tertiary/aromatic N) is 2. The summed E-state index contributed by atoms with van der Waals surface area (Å²) in [5, 5.41) is 14.0. The first-order chi connectivity index (χ1) is 9.19. The number of aryl methyl sites for hydroxylation is 1. The summed E-state index contributed by atoms with van der Waals surface area (Å²) >= 11 is 1.38. The van der Waals surface area contributed by atoms with Crippen LogP contribution in [0.25, 0.3) is 6.08 Å². The topological polar surface area (TPSA) is 65.8 Å². The number of rotatable bonds is 3. The zero-order chi connectivity index (χ0) is 13.7. The Hall–Kier alpha value is -2.45. The Morgan fingerprint density at radius 1 is 1.47 bits per heavy atom. The predicted octanol–water partition coefficient (Wildman–Crippen LogP) is 2.98. The molecule has 1 heterocycles. The number of aromatic nitrogens is 1. The van der Waals surface area contributed by atoms with Gasteiger partial charge in [0.25, 0.3) is 0 Å². The highest BCUT2D eigenvalue weighted by Crippen LogP contribution is 2.14. The largest absolute Gasteiger partial charge is 0.298 e. The molecule has 1 aromatic heterocycles. The maximum Gasteiger partial charge on any atom is 0.250 e. The fourth-order valence-electron chi connectivity index (χ4n) is 1.47. The standard InChI is InChI=1S/C14H11N3OS/c1-10-9-19-14(16-10)17-13(18)7-6-11-4-2-3-5-12(11)8-15/h2-7,9H,1H3,(H,16,17,18)/b7-6+. The summed E-state index contributed by atoms with van der Waals surface area (Å²) in [5.74, 6) is -0.262. The lowest BCUT2D eigenvalue weighted by Gasteiger charge is -1.97. The van der Waals surface area contributed by atoms with Crippen molar-refractivity contribution in [1.29, 1.82) is 5.26 Å². The van der Waals surface area contributed by atoms with Crippen molar-refractivity contribution in [3.8, 4) is 6.07 Å². The minimum atomic E-state index is -0.262. The van der Waals surface area contributed by atoms with Crippen molar-refractivity contribution < 1.29 is 4.79 Å². The van der Waals surface area contributed by atoms with E-state index in [2.05, 4.69) is 16.4 Å². The van der Waals surface area contributed by atoms with E-state index >= 15 is 0 Å². The van der Waals surface area contributed by atoms with E-state index in [1.54, 1.807) is 24.3 Å². The summed E-state index contributed by atoms with van der Waals surface area (Å²) in [6.45, 7) is 1.87. The van der Waals surface area contributed by atoms with E-state index in [1.165, 1.54) is 17.4 Å². The second-order valence-corrected chi connectivity index (χ2v) is 4.67. The minimum absolute atomic E-state index is 0.262. The van der Waals surface area contributed by atoms with Crippen molar-refractivity contribution in [2.75, 3.05) is 5.32 Å². The zero-order valence-electron chi connectivity index (χ0n) is 10.3. The molecule has 0 aliphatic heterocycles. The van der Waals surface area contributed by atoms with E-state index < -0.39 is 0 Å². The fourth-order valence-corrected chi connectivity index (χ4v) is 2.16. The molecule has 5 heteroatoms. The highest BCUT2D eigenvalue weighted by molar-refractivity contribution is 7.13. The maximum atomic E-state index is 11.7. The number of thiazole rings is 1.